The first kappa shape index (κ1) is 76.7. The molecule has 12 atom stereocenters. The van der Waals surface area contributed by atoms with Crippen LogP contribution in [0, 0.1) is 35.5 Å². The van der Waals surface area contributed by atoms with Crippen molar-refractivity contribution in [1.29, 1.82) is 0 Å². The summed E-state index contributed by atoms with van der Waals surface area (Å²) in [6.07, 6.45) is 7.83. The molecule has 534 valence electrons. The molecule has 4 aromatic rings. The first-order valence-electron chi connectivity index (χ1n) is 35.9. The van der Waals surface area contributed by atoms with Crippen molar-refractivity contribution in [2.75, 3.05) is 40.3 Å². The smallest absolute Gasteiger partial charge is 0.247 e. The summed E-state index contributed by atoms with van der Waals surface area (Å²) in [7, 11) is 3.37. The highest BCUT2D eigenvalue weighted by atomic mass is 16.2. The number of nitrogens with zero attached hydrogens (tertiary/aromatic N) is 2. The fourth-order valence-electron chi connectivity index (χ4n) is 13.9. The van der Waals surface area contributed by atoms with E-state index >= 15 is 0 Å². The van der Waals surface area contributed by atoms with E-state index in [1.54, 1.807) is 86.3 Å². The van der Waals surface area contributed by atoms with Gasteiger partial charge in [-0.1, -0.05) is 133 Å². The summed E-state index contributed by atoms with van der Waals surface area (Å²) in [5.41, 5.74) is 3.44. The van der Waals surface area contributed by atoms with Gasteiger partial charge < -0.3 is 63.0 Å². The molecule has 0 unspecified atom stereocenters. The van der Waals surface area contributed by atoms with Crippen LogP contribution in [0.1, 0.15) is 164 Å². The SMILES string of the molecule is CN[C@@H](C)C(=O)N[C@@H]1C(=O)N2[C@@H](CC[C@@H]1CCNCc1ccccc1)CC[C@H]2C(=O)N[C@H](C(=O)CCCNC(=O)CCC#CC#CCCC(=O)CCCNC(=O)[C@@H](NC(=O)[C@@H]1CC[C@@H]2CC[C@H](CCNCc3ccccc3)[C@H](NC(=O)[C@H](C)NC)C(=O)N21)c1ccccc1)c1ccccc1. The Morgan fingerprint density at radius 1 is 0.470 bits per heavy atom. The average molecular weight is 1370 g/mol. The largest absolute Gasteiger partial charge is 0.356 e. The standard InChI is InChI=1S/C78H102N12O10/c1-53(79-3)72(94)87-70-59(45-49-81-51-55-25-13-9-14-26-55)37-39-61-41-43-64(89(61)77(70)99)74(96)85-68(57-29-17-11-18-30-57)66(92)35-24-47-83-67(93)36-22-8-6-5-7-21-33-63(91)34-23-48-84-76(98)69(58-31-19-12-20-32-58)86-75(97)65-44-42-62-40-38-60(46-50-82-52-56-27-15-10-16-28-56)71(78(100)90(62)65)88-73(95)54(2)80-4/h9-20,25-32,53-54,59-62,64-65,68-71,79-82H,21-24,33-52H2,1-4H3,(H,83,93)(H,84,98)(H,85,96)(H,86,97)(H,87,94)(H,88,95)/t53-,54-,59+,60+,61-,62-,64-,65-,68-,69-,70-,71-/m0/s1. The fourth-order valence-corrected chi connectivity index (χ4v) is 13.9. The number of hydrogen-bond acceptors (Lipinski definition) is 14. The number of ketones is 2. The first-order valence-corrected chi connectivity index (χ1v) is 35.9. The van der Waals surface area contributed by atoms with Crippen molar-refractivity contribution in [2.45, 2.75) is 203 Å². The van der Waals surface area contributed by atoms with Gasteiger partial charge in [0.05, 0.1) is 12.1 Å². The second-order valence-electron chi connectivity index (χ2n) is 26.7. The molecule has 22 nitrogen and oxygen atoms in total. The van der Waals surface area contributed by atoms with Crippen LogP contribution in [0.3, 0.4) is 0 Å². The third-order valence-electron chi connectivity index (χ3n) is 19.8. The lowest BCUT2D eigenvalue weighted by atomic mass is 9.90. The highest BCUT2D eigenvalue weighted by molar-refractivity contribution is 5.98. The predicted molar refractivity (Wildman–Crippen MR) is 382 cm³/mol. The number of likely N-dealkylation sites (N-methyl/N-ethyl adjacent to an activating group) is 2. The maximum Gasteiger partial charge on any atom is 0.247 e. The summed E-state index contributed by atoms with van der Waals surface area (Å²) in [6, 6.07) is 31.0. The van der Waals surface area contributed by atoms with Gasteiger partial charge in [-0.2, -0.15) is 0 Å². The molecule has 0 radical (unpaired) electrons. The maximum atomic E-state index is 14.7. The van der Waals surface area contributed by atoms with E-state index in [9.17, 15) is 47.9 Å². The number of carbonyl (C=O) groups excluding carboxylic acids is 10. The van der Waals surface area contributed by atoms with E-state index in [2.05, 4.69) is 76.8 Å². The summed E-state index contributed by atoms with van der Waals surface area (Å²) in [4.78, 5) is 142. The lowest BCUT2D eigenvalue weighted by Gasteiger charge is -2.33. The molecule has 22 heteroatoms. The first-order chi connectivity index (χ1) is 48.5. The van der Waals surface area contributed by atoms with Crippen LogP contribution in [0.4, 0.5) is 0 Å². The number of Topliss-reactive ketones (excluding diaryl/α,β-unsaturated/α-hetero) is 2. The van der Waals surface area contributed by atoms with Crippen molar-refractivity contribution in [3.8, 4) is 23.7 Å². The van der Waals surface area contributed by atoms with Crippen LogP contribution < -0.4 is 53.2 Å². The monoisotopic (exact) mass is 1370 g/mol. The Morgan fingerprint density at radius 2 is 0.890 bits per heavy atom. The molecule has 0 spiro atoms. The molecule has 4 fully saturated rings. The number of fused-ring (bicyclic) bond motifs is 2. The summed E-state index contributed by atoms with van der Waals surface area (Å²) < 4.78 is 0. The summed E-state index contributed by atoms with van der Waals surface area (Å²) in [6.45, 7) is 6.47. The van der Waals surface area contributed by atoms with E-state index in [0.29, 0.717) is 114 Å². The molecule has 4 aromatic carbocycles. The molecule has 8 rings (SSSR count). The Bertz CT molecular complexity index is 3280. The van der Waals surface area contributed by atoms with Gasteiger partial charge in [0.2, 0.25) is 47.3 Å². The van der Waals surface area contributed by atoms with Crippen LogP contribution in [-0.4, -0.2) is 157 Å². The zero-order chi connectivity index (χ0) is 71.2. The van der Waals surface area contributed by atoms with Crippen LogP contribution >= 0.6 is 0 Å². The van der Waals surface area contributed by atoms with Crippen molar-refractivity contribution in [1.82, 2.24) is 63.0 Å². The molecule has 0 aromatic heterocycles. The number of rotatable bonds is 36. The molecule has 4 heterocycles. The Hall–Kier alpha value is -9.06. The minimum Gasteiger partial charge on any atom is -0.356 e. The lowest BCUT2D eigenvalue weighted by molar-refractivity contribution is -0.144. The molecule has 100 heavy (non-hydrogen) atoms. The molecule has 4 saturated heterocycles. The number of amides is 8. The van der Waals surface area contributed by atoms with E-state index in [4.69, 9.17) is 0 Å². The summed E-state index contributed by atoms with van der Waals surface area (Å²) in [5.74, 6) is 7.86. The minimum atomic E-state index is -1.07. The van der Waals surface area contributed by atoms with Gasteiger partial charge in [0.1, 0.15) is 42.0 Å². The van der Waals surface area contributed by atoms with Gasteiger partial charge in [-0.3, -0.25) is 47.9 Å². The Kier molecular flexibility index (Phi) is 30.9. The molecule has 0 aliphatic carbocycles. The average Bonchev–Trinajstić information content (AvgIpc) is 1.64. The van der Waals surface area contributed by atoms with Gasteiger partial charge in [0, 0.05) is 76.8 Å². The van der Waals surface area contributed by atoms with E-state index in [0.717, 1.165) is 11.1 Å². The zero-order valence-electron chi connectivity index (χ0n) is 58.4. The fraction of sp³-hybridized carbons (Fsp3) is 0.513. The third kappa shape index (κ3) is 22.7. The van der Waals surface area contributed by atoms with Crippen LogP contribution in [0.25, 0.3) is 0 Å². The second-order valence-corrected chi connectivity index (χ2v) is 26.7. The van der Waals surface area contributed by atoms with Crippen LogP contribution in [0.5, 0.6) is 0 Å². The maximum absolute atomic E-state index is 14.7. The molecular formula is C78H102N12O10. The predicted octanol–water partition coefficient (Wildman–Crippen LogP) is 5.28. The van der Waals surface area contributed by atoms with Crippen molar-refractivity contribution in [3.05, 3.63) is 144 Å². The summed E-state index contributed by atoms with van der Waals surface area (Å²) in [5, 5.41) is 30.7. The van der Waals surface area contributed by atoms with Gasteiger partial charge in [0.15, 0.2) is 5.78 Å². The molecule has 4 aliphatic heterocycles. The Balaban J connectivity index is 0.736. The van der Waals surface area contributed by atoms with E-state index in [-0.39, 0.29) is 117 Å². The molecule has 0 saturated carbocycles. The highest BCUT2D eigenvalue weighted by Gasteiger charge is 2.50. The number of benzene rings is 4. The van der Waals surface area contributed by atoms with Crippen molar-refractivity contribution < 1.29 is 47.9 Å². The molecule has 8 amide bonds. The van der Waals surface area contributed by atoms with Gasteiger partial charge in [-0.05, 0) is 164 Å². The van der Waals surface area contributed by atoms with E-state index < -0.39 is 66.1 Å². The Labute approximate surface area is 589 Å². The van der Waals surface area contributed by atoms with Crippen LogP contribution in [0.15, 0.2) is 121 Å². The Morgan fingerprint density at radius 3 is 1.37 bits per heavy atom. The van der Waals surface area contributed by atoms with Crippen molar-refractivity contribution in [2.24, 2.45) is 11.8 Å². The zero-order valence-corrected chi connectivity index (χ0v) is 58.4. The molecular weight excluding hydrogens is 1260 g/mol. The van der Waals surface area contributed by atoms with Crippen molar-refractivity contribution >= 4 is 58.8 Å². The molecule has 0 bridgehead atoms. The van der Waals surface area contributed by atoms with Gasteiger partial charge >= 0.3 is 0 Å². The minimum absolute atomic E-state index is 0.0419. The summed E-state index contributed by atoms with van der Waals surface area (Å²) >= 11 is 0. The van der Waals surface area contributed by atoms with Gasteiger partial charge in [-0.15, -0.1) is 0 Å². The van der Waals surface area contributed by atoms with Gasteiger partial charge in [-0.25, -0.2) is 0 Å². The van der Waals surface area contributed by atoms with E-state index in [1.165, 1.54) is 0 Å². The number of hydrogen-bond donors (Lipinski definition) is 10. The van der Waals surface area contributed by atoms with Crippen LogP contribution in [-0.2, 0) is 61.0 Å². The lowest BCUT2D eigenvalue weighted by Crippen LogP contribution is -2.58. The third-order valence-corrected chi connectivity index (χ3v) is 19.8. The molecule has 10 N–H and O–H groups in total. The highest BCUT2D eigenvalue weighted by Crippen LogP contribution is 2.37. The van der Waals surface area contributed by atoms with Gasteiger partial charge in [0.25, 0.3) is 0 Å². The normalized spacial score (nSPS) is 21.3. The molecule has 4 aliphatic rings. The van der Waals surface area contributed by atoms with Crippen molar-refractivity contribution in [3.63, 3.8) is 0 Å². The topological polar surface area (TPSA) is 297 Å². The number of nitrogens with one attached hydrogen (secondary N) is 10. The van der Waals surface area contributed by atoms with E-state index in [1.807, 2.05) is 72.8 Å². The second kappa shape index (κ2) is 40.3. The quantitative estimate of drug-likeness (QED) is 0.0205. The van der Waals surface area contributed by atoms with Crippen LogP contribution in [0.2, 0.25) is 0 Å². The number of carbonyl (C=O) groups is 10.